The topological polar surface area (TPSA) is 56.3 Å². The minimum absolute atomic E-state index is 0.520. The summed E-state index contributed by atoms with van der Waals surface area (Å²) in [5.41, 5.74) is 0. The molecule has 1 N–H and O–H groups in total. The molecule has 1 heterocycles. The fraction of sp³-hybridized carbons (Fsp3) is 0.692. The van der Waals surface area contributed by atoms with E-state index in [-0.39, 0.29) is 0 Å². The molecule has 1 aromatic rings. The van der Waals surface area contributed by atoms with E-state index < -0.39 is 0 Å². The average molecular weight is 253 g/mol. The molecule has 0 unspecified atom stereocenters. The molecule has 0 saturated heterocycles. The highest BCUT2D eigenvalue weighted by Crippen LogP contribution is 2.13. The van der Waals surface area contributed by atoms with Crippen molar-refractivity contribution in [1.82, 2.24) is 9.97 Å². The smallest absolute Gasteiger partial charge is 0.218 e. The Bertz CT molecular complexity index is 345. The van der Waals surface area contributed by atoms with Gasteiger partial charge in [0.1, 0.15) is 18.2 Å². The van der Waals surface area contributed by atoms with Crippen LogP contribution in [0, 0.1) is 0 Å². The summed E-state index contributed by atoms with van der Waals surface area (Å²) in [6.45, 7) is 8.87. The summed E-state index contributed by atoms with van der Waals surface area (Å²) in [4.78, 5) is 8.69. The van der Waals surface area contributed by atoms with Crippen LogP contribution in [0.3, 0.4) is 0 Å². The number of aromatic nitrogens is 2. The van der Waals surface area contributed by atoms with Crippen molar-refractivity contribution >= 4 is 5.82 Å². The zero-order valence-electron chi connectivity index (χ0n) is 11.5. The third kappa shape index (κ3) is 5.31. The molecule has 0 aliphatic rings. The lowest BCUT2D eigenvalue weighted by molar-refractivity contribution is 0.0989. The number of anilines is 1. The highest BCUT2D eigenvalue weighted by Gasteiger charge is 2.03. The van der Waals surface area contributed by atoms with Crippen LogP contribution in [0.25, 0.3) is 0 Å². The largest absolute Gasteiger partial charge is 0.475 e. The maximum absolute atomic E-state index is 5.57. The Hall–Kier alpha value is -1.36. The second-order valence-corrected chi connectivity index (χ2v) is 3.85. The van der Waals surface area contributed by atoms with Crippen molar-refractivity contribution in [2.24, 2.45) is 0 Å². The van der Waals surface area contributed by atoms with Gasteiger partial charge in [0, 0.05) is 25.6 Å². The van der Waals surface area contributed by atoms with Gasteiger partial charge in [0.05, 0.1) is 6.61 Å². The standard InChI is InChI=1S/C13H23N3O2/c1-4-7-17-8-9-18-13-10-12(14-6-3)15-11(5-2)16-13/h10H,4-9H2,1-3H3,(H,14,15,16). The van der Waals surface area contributed by atoms with Crippen LogP contribution < -0.4 is 10.1 Å². The van der Waals surface area contributed by atoms with Gasteiger partial charge in [-0.25, -0.2) is 4.98 Å². The lowest BCUT2D eigenvalue weighted by Crippen LogP contribution is -2.10. The van der Waals surface area contributed by atoms with Crippen LogP contribution in [-0.2, 0) is 11.2 Å². The van der Waals surface area contributed by atoms with Crippen LogP contribution in [0.4, 0.5) is 5.82 Å². The number of rotatable bonds is 9. The van der Waals surface area contributed by atoms with Crippen LogP contribution in [-0.4, -0.2) is 36.3 Å². The van der Waals surface area contributed by atoms with E-state index in [1.54, 1.807) is 0 Å². The summed E-state index contributed by atoms with van der Waals surface area (Å²) in [6, 6.07) is 1.82. The molecule has 0 aromatic carbocycles. The van der Waals surface area contributed by atoms with Crippen molar-refractivity contribution in [3.63, 3.8) is 0 Å². The third-order valence-electron chi connectivity index (χ3n) is 2.25. The monoisotopic (exact) mass is 253 g/mol. The van der Waals surface area contributed by atoms with Gasteiger partial charge < -0.3 is 14.8 Å². The van der Waals surface area contributed by atoms with E-state index in [4.69, 9.17) is 9.47 Å². The van der Waals surface area contributed by atoms with Gasteiger partial charge in [0.15, 0.2) is 0 Å². The van der Waals surface area contributed by atoms with Crippen LogP contribution in [0.15, 0.2) is 6.07 Å². The third-order valence-corrected chi connectivity index (χ3v) is 2.25. The molecule has 0 radical (unpaired) electrons. The summed E-state index contributed by atoms with van der Waals surface area (Å²) >= 11 is 0. The first-order chi connectivity index (χ1) is 8.80. The maximum atomic E-state index is 5.57. The Morgan fingerprint density at radius 1 is 1.11 bits per heavy atom. The van der Waals surface area contributed by atoms with Crippen molar-refractivity contribution in [1.29, 1.82) is 0 Å². The predicted molar refractivity (Wildman–Crippen MR) is 72.2 cm³/mol. The Morgan fingerprint density at radius 2 is 1.94 bits per heavy atom. The fourth-order valence-electron chi connectivity index (χ4n) is 1.43. The molecule has 5 heteroatoms. The normalized spacial score (nSPS) is 10.4. The lowest BCUT2D eigenvalue weighted by atomic mass is 10.4. The van der Waals surface area contributed by atoms with Crippen molar-refractivity contribution < 1.29 is 9.47 Å². The molecule has 0 amide bonds. The average Bonchev–Trinajstić information content (AvgIpc) is 2.38. The number of hydrogen-bond acceptors (Lipinski definition) is 5. The zero-order valence-corrected chi connectivity index (χ0v) is 11.5. The Morgan fingerprint density at radius 3 is 2.61 bits per heavy atom. The molecule has 1 aromatic heterocycles. The van der Waals surface area contributed by atoms with Crippen molar-refractivity contribution in [2.75, 3.05) is 31.7 Å². The van der Waals surface area contributed by atoms with Gasteiger partial charge in [-0.15, -0.1) is 0 Å². The van der Waals surface area contributed by atoms with Gasteiger partial charge in [0.2, 0.25) is 5.88 Å². The van der Waals surface area contributed by atoms with Gasteiger partial charge in [-0.2, -0.15) is 4.98 Å². The predicted octanol–water partition coefficient (Wildman–Crippen LogP) is 2.28. The van der Waals surface area contributed by atoms with Crippen molar-refractivity contribution in [2.45, 2.75) is 33.6 Å². The van der Waals surface area contributed by atoms with E-state index in [1.165, 1.54) is 0 Å². The van der Waals surface area contributed by atoms with Crippen LogP contribution in [0.5, 0.6) is 5.88 Å². The Balaban J connectivity index is 2.50. The number of hydrogen-bond donors (Lipinski definition) is 1. The molecule has 0 saturated carbocycles. The number of nitrogens with zero attached hydrogens (tertiary/aromatic N) is 2. The van der Waals surface area contributed by atoms with Gasteiger partial charge >= 0.3 is 0 Å². The number of ether oxygens (including phenoxy) is 2. The molecule has 0 bridgehead atoms. The molecule has 0 aliphatic heterocycles. The van der Waals surface area contributed by atoms with E-state index in [0.29, 0.717) is 19.1 Å². The van der Waals surface area contributed by atoms with Crippen LogP contribution in [0.2, 0.25) is 0 Å². The molecule has 1 rings (SSSR count). The van der Waals surface area contributed by atoms with E-state index in [9.17, 15) is 0 Å². The zero-order chi connectivity index (χ0) is 13.2. The van der Waals surface area contributed by atoms with Crippen LogP contribution >= 0.6 is 0 Å². The SMILES string of the molecule is CCCOCCOc1cc(NCC)nc(CC)n1. The first-order valence-electron chi connectivity index (χ1n) is 6.62. The molecule has 0 atom stereocenters. The molecular weight excluding hydrogens is 230 g/mol. The lowest BCUT2D eigenvalue weighted by Gasteiger charge is -2.09. The first-order valence-corrected chi connectivity index (χ1v) is 6.62. The molecule has 102 valence electrons. The van der Waals surface area contributed by atoms with Gasteiger partial charge in [-0.1, -0.05) is 13.8 Å². The van der Waals surface area contributed by atoms with E-state index in [0.717, 1.165) is 37.6 Å². The van der Waals surface area contributed by atoms with Crippen molar-refractivity contribution in [3.05, 3.63) is 11.9 Å². The van der Waals surface area contributed by atoms with Gasteiger partial charge in [-0.05, 0) is 13.3 Å². The second kappa shape index (κ2) is 8.69. The number of nitrogens with one attached hydrogen (secondary N) is 1. The van der Waals surface area contributed by atoms with Gasteiger partial charge in [0.25, 0.3) is 0 Å². The molecule has 0 spiro atoms. The highest BCUT2D eigenvalue weighted by molar-refractivity contribution is 5.38. The quantitative estimate of drug-likeness (QED) is 0.684. The summed E-state index contributed by atoms with van der Waals surface area (Å²) < 4.78 is 10.9. The van der Waals surface area contributed by atoms with Crippen molar-refractivity contribution in [3.8, 4) is 5.88 Å². The summed E-state index contributed by atoms with van der Waals surface area (Å²) in [5, 5.41) is 3.17. The summed E-state index contributed by atoms with van der Waals surface area (Å²) in [5.74, 6) is 2.21. The molecular formula is C13H23N3O2. The first kappa shape index (κ1) is 14.7. The van der Waals surface area contributed by atoms with E-state index in [1.807, 2.05) is 19.9 Å². The summed E-state index contributed by atoms with van der Waals surface area (Å²) in [6.07, 6.45) is 1.82. The minimum atomic E-state index is 0.520. The molecule has 0 fully saturated rings. The van der Waals surface area contributed by atoms with E-state index in [2.05, 4.69) is 22.2 Å². The molecule has 5 nitrogen and oxygen atoms in total. The fourth-order valence-corrected chi connectivity index (χ4v) is 1.43. The second-order valence-electron chi connectivity index (χ2n) is 3.85. The van der Waals surface area contributed by atoms with Gasteiger partial charge in [-0.3, -0.25) is 0 Å². The Labute approximate surface area is 109 Å². The molecule has 18 heavy (non-hydrogen) atoms. The highest BCUT2D eigenvalue weighted by atomic mass is 16.5. The number of aryl methyl sites for hydroxylation is 1. The Kier molecular flexibility index (Phi) is 7.10. The summed E-state index contributed by atoms with van der Waals surface area (Å²) in [7, 11) is 0. The van der Waals surface area contributed by atoms with E-state index >= 15 is 0 Å². The molecule has 0 aliphatic carbocycles. The maximum Gasteiger partial charge on any atom is 0.218 e. The minimum Gasteiger partial charge on any atom is -0.475 e. The van der Waals surface area contributed by atoms with Crippen LogP contribution in [0.1, 0.15) is 33.0 Å².